The van der Waals surface area contributed by atoms with Crippen LogP contribution in [0.2, 0.25) is 0 Å². The molecule has 2 aliphatic rings. The Labute approximate surface area is 191 Å². The van der Waals surface area contributed by atoms with Crippen LogP contribution in [0.4, 0.5) is 11.8 Å². The van der Waals surface area contributed by atoms with Gasteiger partial charge in [0.25, 0.3) is 0 Å². The van der Waals surface area contributed by atoms with Crippen LogP contribution in [0.1, 0.15) is 31.7 Å². The molecular formula is C22H27N7O2S. The lowest BCUT2D eigenvalue weighted by Gasteiger charge is -2.27. The van der Waals surface area contributed by atoms with Gasteiger partial charge in [0.05, 0.1) is 36.9 Å². The Morgan fingerprint density at radius 2 is 1.88 bits per heavy atom. The Balaban J connectivity index is 1.31. The summed E-state index contributed by atoms with van der Waals surface area (Å²) in [5.74, 6) is 1.71. The first kappa shape index (κ1) is 21.0. The molecule has 0 unspecified atom stereocenters. The second-order valence-electron chi connectivity index (χ2n) is 7.99. The first-order valence-electron chi connectivity index (χ1n) is 11.1. The van der Waals surface area contributed by atoms with Crippen molar-refractivity contribution in [2.45, 2.75) is 36.9 Å². The third-order valence-corrected chi connectivity index (χ3v) is 6.79. The number of benzene rings is 1. The molecule has 2 fully saturated rings. The van der Waals surface area contributed by atoms with Crippen molar-refractivity contribution < 1.29 is 9.53 Å². The second-order valence-corrected chi connectivity index (χ2v) is 8.93. The van der Waals surface area contributed by atoms with Gasteiger partial charge in [-0.05, 0) is 25.0 Å². The van der Waals surface area contributed by atoms with Crippen LogP contribution in [0.25, 0.3) is 5.69 Å². The van der Waals surface area contributed by atoms with Gasteiger partial charge in [-0.3, -0.25) is 9.36 Å². The number of rotatable bonds is 7. The predicted molar refractivity (Wildman–Crippen MR) is 123 cm³/mol. The van der Waals surface area contributed by atoms with E-state index in [-0.39, 0.29) is 11.7 Å². The number of hydrogen-bond donors (Lipinski definition) is 1. The Morgan fingerprint density at radius 1 is 1.09 bits per heavy atom. The molecule has 0 spiro atoms. The minimum absolute atomic E-state index is 0.0784. The molecule has 3 heterocycles. The number of morpholine rings is 1. The fraction of sp³-hybridized carbons (Fsp3) is 0.455. The highest BCUT2D eigenvalue weighted by molar-refractivity contribution is 7.99. The molecule has 9 nitrogen and oxygen atoms in total. The summed E-state index contributed by atoms with van der Waals surface area (Å²) in [5, 5.41) is 17.0. The van der Waals surface area contributed by atoms with E-state index < -0.39 is 0 Å². The van der Waals surface area contributed by atoms with E-state index in [0.717, 1.165) is 43.4 Å². The van der Waals surface area contributed by atoms with Gasteiger partial charge in [0, 0.05) is 19.2 Å². The number of aromatic nitrogens is 5. The molecule has 1 aromatic carbocycles. The highest BCUT2D eigenvalue weighted by Crippen LogP contribution is 2.31. The summed E-state index contributed by atoms with van der Waals surface area (Å²) in [5.41, 5.74) is 0.973. The number of thioether (sulfide) groups is 1. The Hall–Kier alpha value is -2.85. The molecular weight excluding hydrogens is 426 g/mol. The second kappa shape index (κ2) is 9.74. The summed E-state index contributed by atoms with van der Waals surface area (Å²) >= 11 is 1.38. The number of nitrogens with one attached hydrogen (secondary N) is 1. The molecule has 168 valence electrons. The van der Waals surface area contributed by atoms with E-state index in [1.165, 1.54) is 24.6 Å². The molecule has 1 saturated carbocycles. The molecule has 1 N–H and O–H groups in total. The number of anilines is 2. The summed E-state index contributed by atoms with van der Waals surface area (Å²) in [6.07, 6.45) is 6.41. The monoisotopic (exact) mass is 453 g/mol. The van der Waals surface area contributed by atoms with Crippen molar-refractivity contribution in [2.75, 3.05) is 42.3 Å². The molecule has 2 aromatic heterocycles. The van der Waals surface area contributed by atoms with Crippen molar-refractivity contribution >= 4 is 29.4 Å². The van der Waals surface area contributed by atoms with E-state index in [1.54, 1.807) is 6.20 Å². The van der Waals surface area contributed by atoms with E-state index in [1.807, 2.05) is 45.6 Å². The lowest BCUT2D eigenvalue weighted by molar-refractivity contribution is -0.113. The first-order valence-corrected chi connectivity index (χ1v) is 12.1. The summed E-state index contributed by atoms with van der Waals surface area (Å²) in [7, 11) is 0. The summed E-state index contributed by atoms with van der Waals surface area (Å²) in [4.78, 5) is 14.9. The van der Waals surface area contributed by atoms with Gasteiger partial charge in [-0.25, -0.2) is 4.68 Å². The van der Waals surface area contributed by atoms with Gasteiger partial charge in [-0.2, -0.15) is 5.10 Å². The van der Waals surface area contributed by atoms with Crippen molar-refractivity contribution in [3.8, 4) is 5.69 Å². The van der Waals surface area contributed by atoms with Crippen LogP contribution >= 0.6 is 11.8 Å². The lowest BCUT2D eigenvalue weighted by atomic mass is 10.2. The average molecular weight is 454 g/mol. The third-order valence-electron chi connectivity index (χ3n) is 5.87. The van der Waals surface area contributed by atoms with Crippen LogP contribution in [0.15, 0.2) is 47.8 Å². The van der Waals surface area contributed by atoms with E-state index in [2.05, 4.69) is 25.5 Å². The molecule has 0 atom stereocenters. The number of ether oxygens (including phenoxy) is 1. The summed E-state index contributed by atoms with van der Waals surface area (Å²) in [6, 6.07) is 12.3. The van der Waals surface area contributed by atoms with Crippen molar-refractivity contribution in [3.63, 3.8) is 0 Å². The summed E-state index contributed by atoms with van der Waals surface area (Å²) in [6.45, 7) is 2.87. The predicted octanol–water partition coefficient (Wildman–Crippen LogP) is 3.15. The fourth-order valence-corrected chi connectivity index (χ4v) is 5.04. The van der Waals surface area contributed by atoms with Crippen LogP contribution in [0, 0.1) is 0 Å². The Kier molecular flexibility index (Phi) is 6.40. The van der Waals surface area contributed by atoms with Gasteiger partial charge in [-0.1, -0.05) is 42.8 Å². The molecule has 1 aliphatic heterocycles. The smallest absolute Gasteiger partial charge is 0.235 e. The molecule has 0 radical (unpaired) electrons. The number of hydrogen-bond acceptors (Lipinski definition) is 7. The van der Waals surface area contributed by atoms with Gasteiger partial charge >= 0.3 is 0 Å². The zero-order valence-corrected chi connectivity index (χ0v) is 18.7. The number of amides is 1. The van der Waals surface area contributed by atoms with Gasteiger partial charge in [-0.15, -0.1) is 10.2 Å². The van der Waals surface area contributed by atoms with Crippen LogP contribution in [-0.2, 0) is 9.53 Å². The first-order chi connectivity index (χ1) is 15.8. The maximum absolute atomic E-state index is 12.7. The highest BCUT2D eigenvalue weighted by atomic mass is 32.2. The molecule has 1 aliphatic carbocycles. The molecule has 32 heavy (non-hydrogen) atoms. The normalized spacial score (nSPS) is 17.1. The van der Waals surface area contributed by atoms with E-state index in [4.69, 9.17) is 4.74 Å². The Morgan fingerprint density at radius 3 is 2.66 bits per heavy atom. The van der Waals surface area contributed by atoms with Crippen molar-refractivity contribution in [1.82, 2.24) is 24.5 Å². The molecule has 10 heteroatoms. The number of nitrogens with zero attached hydrogens (tertiary/aromatic N) is 6. The van der Waals surface area contributed by atoms with Crippen molar-refractivity contribution in [3.05, 3.63) is 42.6 Å². The standard InChI is InChI=1S/C22H27N7O2S/c30-20(24-19-10-11-23-29(19)18-8-4-5-9-18)16-32-22-26-25-21(27-12-14-31-15-13-27)28(22)17-6-2-1-3-7-17/h1-3,6-7,10-11,18H,4-5,8-9,12-16H2,(H,24,30). The van der Waals surface area contributed by atoms with Crippen molar-refractivity contribution in [2.24, 2.45) is 0 Å². The SMILES string of the molecule is O=C(CSc1nnc(N2CCOCC2)n1-c1ccccc1)Nc1ccnn1C1CCCC1. The van der Waals surface area contributed by atoms with Crippen LogP contribution in [0.3, 0.4) is 0 Å². The van der Waals surface area contributed by atoms with Crippen molar-refractivity contribution in [1.29, 1.82) is 0 Å². The molecule has 1 saturated heterocycles. The van der Waals surface area contributed by atoms with Crippen LogP contribution in [0.5, 0.6) is 0 Å². The highest BCUT2D eigenvalue weighted by Gasteiger charge is 2.23. The molecule has 0 bridgehead atoms. The summed E-state index contributed by atoms with van der Waals surface area (Å²) < 4.78 is 9.46. The quantitative estimate of drug-likeness (QED) is 0.550. The molecule has 3 aromatic rings. The maximum atomic E-state index is 12.7. The Bertz CT molecular complexity index is 1040. The van der Waals surface area contributed by atoms with Crippen LogP contribution in [-0.4, -0.2) is 62.5 Å². The van der Waals surface area contributed by atoms with Crippen LogP contribution < -0.4 is 10.2 Å². The van der Waals surface area contributed by atoms with Gasteiger partial charge in [0.1, 0.15) is 5.82 Å². The topological polar surface area (TPSA) is 90.1 Å². The van der Waals surface area contributed by atoms with Gasteiger partial charge < -0.3 is 15.0 Å². The zero-order valence-electron chi connectivity index (χ0n) is 17.9. The van der Waals surface area contributed by atoms with E-state index in [0.29, 0.717) is 24.4 Å². The minimum Gasteiger partial charge on any atom is -0.378 e. The largest absolute Gasteiger partial charge is 0.378 e. The minimum atomic E-state index is -0.0784. The number of carbonyl (C=O) groups excluding carboxylic acids is 1. The van der Waals surface area contributed by atoms with E-state index in [9.17, 15) is 4.79 Å². The molecule has 5 rings (SSSR count). The maximum Gasteiger partial charge on any atom is 0.235 e. The van der Waals surface area contributed by atoms with E-state index >= 15 is 0 Å². The molecule has 1 amide bonds. The number of carbonyl (C=O) groups is 1. The zero-order chi connectivity index (χ0) is 21.8. The third kappa shape index (κ3) is 4.51. The average Bonchev–Trinajstić information content (AvgIpc) is 3.59. The van der Waals surface area contributed by atoms with Gasteiger partial charge in [0.2, 0.25) is 11.9 Å². The fourth-order valence-electron chi connectivity index (χ4n) is 4.29. The lowest BCUT2D eigenvalue weighted by Crippen LogP contribution is -2.37. The number of para-hydroxylation sites is 1. The van der Waals surface area contributed by atoms with Gasteiger partial charge in [0.15, 0.2) is 5.16 Å².